The van der Waals surface area contributed by atoms with Gasteiger partial charge in [-0.05, 0) is 38.3 Å². The predicted molar refractivity (Wildman–Crippen MR) is 88.5 cm³/mol. The van der Waals surface area contributed by atoms with Crippen LogP contribution in [0, 0.1) is 6.92 Å². The quantitative estimate of drug-likeness (QED) is 0.928. The first kappa shape index (κ1) is 14.9. The van der Waals surface area contributed by atoms with E-state index in [1.165, 1.54) is 24.0 Å². The van der Waals surface area contributed by atoms with Gasteiger partial charge in [0.1, 0.15) is 0 Å². The molecule has 1 N–H and O–H groups in total. The Kier molecular flexibility index (Phi) is 4.86. The van der Waals surface area contributed by atoms with Crippen LogP contribution in [0.4, 0.5) is 0 Å². The maximum absolute atomic E-state index is 12.5. The summed E-state index contributed by atoms with van der Waals surface area (Å²) in [5.41, 5.74) is 2.60. The third kappa shape index (κ3) is 3.61. The van der Waals surface area contributed by atoms with E-state index in [9.17, 15) is 4.79 Å². The summed E-state index contributed by atoms with van der Waals surface area (Å²) in [6, 6.07) is 9.47. The normalized spacial score (nSPS) is 24.9. The number of hydrogen-bond donors (Lipinski definition) is 1. The highest BCUT2D eigenvalue weighted by Crippen LogP contribution is 2.28. The number of rotatable bonds is 4. The number of carbonyl (C=O) groups is 1. The molecule has 0 spiro atoms. The molecule has 0 aliphatic carbocycles. The minimum atomic E-state index is 0.337. The number of thioether (sulfide) groups is 1. The highest BCUT2D eigenvalue weighted by atomic mass is 32.2. The molecule has 2 fully saturated rings. The van der Waals surface area contributed by atoms with E-state index >= 15 is 0 Å². The molecule has 2 unspecified atom stereocenters. The standard InChI is InChI=1S/C17H24N2OS/c1-13-3-2-4-14(9-13)11-21-12-17(20)19-15-5-6-16(19)10-18-8-7-15/h2-4,9,15-16,18H,5-8,10-12H2,1H3. The molecule has 1 aromatic rings. The van der Waals surface area contributed by atoms with E-state index in [4.69, 9.17) is 0 Å². The van der Waals surface area contributed by atoms with Crippen LogP contribution in [0.25, 0.3) is 0 Å². The number of carbonyl (C=O) groups excluding carboxylic acids is 1. The van der Waals surface area contributed by atoms with E-state index in [2.05, 4.69) is 41.4 Å². The largest absolute Gasteiger partial charge is 0.335 e. The molecular weight excluding hydrogens is 280 g/mol. The van der Waals surface area contributed by atoms with Crippen molar-refractivity contribution in [1.82, 2.24) is 10.2 Å². The zero-order valence-corrected chi connectivity index (χ0v) is 13.5. The second-order valence-electron chi connectivity index (χ2n) is 6.16. The number of fused-ring (bicyclic) bond motifs is 2. The van der Waals surface area contributed by atoms with Gasteiger partial charge in [0.05, 0.1) is 5.75 Å². The van der Waals surface area contributed by atoms with Crippen LogP contribution in [0.1, 0.15) is 30.4 Å². The molecule has 1 amide bonds. The Balaban J connectivity index is 1.52. The number of aryl methyl sites for hydroxylation is 1. The van der Waals surface area contributed by atoms with Crippen LogP contribution in [0.3, 0.4) is 0 Å². The number of hydrogen-bond acceptors (Lipinski definition) is 3. The predicted octanol–water partition coefficient (Wildman–Crippen LogP) is 2.58. The summed E-state index contributed by atoms with van der Waals surface area (Å²) >= 11 is 1.74. The van der Waals surface area contributed by atoms with Crippen LogP contribution in [-0.2, 0) is 10.5 Å². The molecule has 0 aromatic heterocycles. The Hall–Kier alpha value is -1.00. The lowest BCUT2D eigenvalue weighted by molar-refractivity contribution is -0.130. The molecule has 0 saturated carbocycles. The Morgan fingerprint density at radius 2 is 2.19 bits per heavy atom. The minimum absolute atomic E-state index is 0.337. The van der Waals surface area contributed by atoms with Gasteiger partial charge in [-0.2, -0.15) is 0 Å². The first-order valence-corrected chi connectivity index (χ1v) is 9.04. The van der Waals surface area contributed by atoms with Crippen molar-refractivity contribution in [3.63, 3.8) is 0 Å². The van der Waals surface area contributed by atoms with Crippen LogP contribution in [-0.4, -0.2) is 41.7 Å². The molecule has 2 aliphatic heterocycles. The van der Waals surface area contributed by atoms with Gasteiger partial charge in [-0.15, -0.1) is 11.8 Å². The van der Waals surface area contributed by atoms with Crippen molar-refractivity contribution in [3.8, 4) is 0 Å². The molecule has 0 radical (unpaired) electrons. The fourth-order valence-electron chi connectivity index (χ4n) is 3.52. The van der Waals surface area contributed by atoms with Crippen LogP contribution < -0.4 is 5.32 Å². The smallest absolute Gasteiger partial charge is 0.233 e. The third-order valence-electron chi connectivity index (χ3n) is 4.52. The molecule has 2 bridgehead atoms. The first-order chi connectivity index (χ1) is 10.2. The summed E-state index contributed by atoms with van der Waals surface area (Å²) in [5.74, 6) is 1.87. The van der Waals surface area contributed by atoms with E-state index in [-0.39, 0.29) is 0 Å². The molecule has 3 rings (SSSR count). The summed E-state index contributed by atoms with van der Waals surface area (Å²) in [6.45, 7) is 4.15. The van der Waals surface area contributed by atoms with E-state index in [0.29, 0.717) is 23.7 Å². The lowest BCUT2D eigenvalue weighted by Gasteiger charge is -2.27. The van der Waals surface area contributed by atoms with Crippen molar-refractivity contribution in [2.24, 2.45) is 0 Å². The Morgan fingerprint density at radius 3 is 3.05 bits per heavy atom. The second kappa shape index (κ2) is 6.84. The number of nitrogens with one attached hydrogen (secondary N) is 1. The summed E-state index contributed by atoms with van der Waals surface area (Å²) in [6.07, 6.45) is 3.48. The van der Waals surface area contributed by atoms with Crippen molar-refractivity contribution in [1.29, 1.82) is 0 Å². The fraction of sp³-hybridized carbons (Fsp3) is 0.588. The molecule has 2 saturated heterocycles. The summed E-state index contributed by atoms with van der Waals surface area (Å²) in [4.78, 5) is 14.7. The first-order valence-electron chi connectivity index (χ1n) is 7.89. The van der Waals surface area contributed by atoms with Gasteiger partial charge in [0.25, 0.3) is 0 Å². The Bertz CT molecular complexity index is 491. The second-order valence-corrected chi connectivity index (χ2v) is 7.15. The van der Waals surface area contributed by atoms with Gasteiger partial charge in [-0.3, -0.25) is 4.79 Å². The molecule has 21 heavy (non-hydrogen) atoms. The Labute approximate surface area is 131 Å². The molecule has 4 heteroatoms. The van der Waals surface area contributed by atoms with Crippen LogP contribution in [0.5, 0.6) is 0 Å². The average molecular weight is 304 g/mol. The van der Waals surface area contributed by atoms with Crippen molar-refractivity contribution in [3.05, 3.63) is 35.4 Å². The topological polar surface area (TPSA) is 32.3 Å². The van der Waals surface area contributed by atoms with Gasteiger partial charge in [0.2, 0.25) is 5.91 Å². The lowest BCUT2D eigenvalue weighted by atomic mass is 10.1. The van der Waals surface area contributed by atoms with Gasteiger partial charge in [0.15, 0.2) is 0 Å². The monoisotopic (exact) mass is 304 g/mol. The van der Waals surface area contributed by atoms with E-state index in [0.717, 1.165) is 25.3 Å². The maximum atomic E-state index is 12.5. The molecule has 2 atom stereocenters. The lowest BCUT2D eigenvalue weighted by Crippen LogP contribution is -2.43. The molecule has 3 nitrogen and oxygen atoms in total. The molecule has 2 aliphatic rings. The number of nitrogens with zero attached hydrogens (tertiary/aromatic N) is 1. The Morgan fingerprint density at radius 1 is 1.33 bits per heavy atom. The number of amides is 1. The van der Waals surface area contributed by atoms with Gasteiger partial charge < -0.3 is 10.2 Å². The van der Waals surface area contributed by atoms with E-state index < -0.39 is 0 Å². The molecular formula is C17H24N2OS. The summed E-state index contributed by atoms with van der Waals surface area (Å²) in [7, 11) is 0. The fourth-order valence-corrected chi connectivity index (χ4v) is 4.36. The number of benzene rings is 1. The van der Waals surface area contributed by atoms with E-state index in [1.54, 1.807) is 11.8 Å². The van der Waals surface area contributed by atoms with Gasteiger partial charge in [0, 0.05) is 24.4 Å². The highest BCUT2D eigenvalue weighted by Gasteiger charge is 2.37. The van der Waals surface area contributed by atoms with Crippen LogP contribution >= 0.6 is 11.8 Å². The zero-order valence-electron chi connectivity index (χ0n) is 12.7. The zero-order chi connectivity index (χ0) is 14.7. The maximum Gasteiger partial charge on any atom is 0.233 e. The minimum Gasteiger partial charge on any atom is -0.335 e. The van der Waals surface area contributed by atoms with Crippen LogP contribution in [0.15, 0.2) is 24.3 Å². The van der Waals surface area contributed by atoms with Crippen molar-refractivity contribution in [2.45, 2.75) is 44.0 Å². The molecule has 114 valence electrons. The average Bonchev–Trinajstić information content (AvgIpc) is 2.72. The summed E-state index contributed by atoms with van der Waals surface area (Å²) < 4.78 is 0. The van der Waals surface area contributed by atoms with Crippen molar-refractivity contribution < 1.29 is 4.79 Å². The van der Waals surface area contributed by atoms with E-state index in [1.807, 2.05) is 0 Å². The van der Waals surface area contributed by atoms with Gasteiger partial charge >= 0.3 is 0 Å². The SMILES string of the molecule is Cc1cccc(CSCC(=O)N2C3CCNCC2CC3)c1. The molecule has 1 aromatic carbocycles. The van der Waals surface area contributed by atoms with Gasteiger partial charge in [-0.25, -0.2) is 0 Å². The molecule has 2 heterocycles. The summed E-state index contributed by atoms with van der Waals surface area (Å²) in [5, 5.41) is 3.45. The highest BCUT2D eigenvalue weighted by molar-refractivity contribution is 7.99. The van der Waals surface area contributed by atoms with Crippen LogP contribution in [0.2, 0.25) is 0 Å². The third-order valence-corrected chi connectivity index (χ3v) is 5.51. The van der Waals surface area contributed by atoms with Crippen molar-refractivity contribution >= 4 is 17.7 Å². The van der Waals surface area contributed by atoms with Crippen molar-refractivity contribution in [2.75, 3.05) is 18.8 Å². The van der Waals surface area contributed by atoms with Gasteiger partial charge in [-0.1, -0.05) is 29.8 Å².